The van der Waals surface area contributed by atoms with Gasteiger partial charge in [0.2, 0.25) is 0 Å². The standard InChI is InChI=1S/C27H58N.BF4/c1-5-9-12-15-18-21-25-28(24-8-4,26-22-19-16-13-10-6-2)27-23-20-17-14-11-7-3;2-1(3,4)5/h5-27H2,1-4H3;/q+1;-1. The van der Waals surface area contributed by atoms with E-state index in [-0.39, 0.29) is 0 Å². The number of unbranched alkanes of at least 4 members (excludes halogenated alkanes) is 15. The predicted molar refractivity (Wildman–Crippen MR) is 140 cm³/mol. The number of hydrogen-bond acceptors (Lipinski definition) is 0. The summed E-state index contributed by atoms with van der Waals surface area (Å²) in [6.07, 6.45) is 27.3. The molecular formula is C27H58BF4N. The highest BCUT2D eigenvalue weighted by Crippen LogP contribution is 2.19. The third-order valence-electron chi connectivity index (χ3n) is 6.66. The first-order valence-electron chi connectivity index (χ1n) is 14.5. The lowest BCUT2D eigenvalue weighted by Crippen LogP contribution is -2.50. The molecule has 33 heavy (non-hydrogen) atoms. The Morgan fingerprint density at radius 1 is 0.364 bits per heavy atom. The van der Waals surface area contributed by atoms with Gasteiger partial charge >= 0.3 is 7.25 Å². The fourth-order valence-corrected chi connectivity index (χ4v) is 4.83. The summed E-state index contributed by atoms with van der Waals surface area (Å²) in [5, 5.41) is 0. The normalized spacial score (nSPS) is 12.0. The Kier molecular flexibility index (Phi) is 26.3. The summed E-state index contributed by atoms with van der Waals surface area (Å²) < 4.78 is 40.5. The maximum Gasteiger partial charge on any atom is 0.673 e. The molecule has 0 N–H and O–H groups in total. The Labute approximate surface area is 205 Å². The minimum Gasteiger partial charge on any atom is -0.418 e. The first-order valence-corrected chi connectivity index (χ1v) is 14.5. The molecule has 0 atom stereocenters. The maximum atomic E-state index is 9.75. The van der Waals surface area contributed by atoms with E-state index in [4.69, 9.17) is 0 Å². The van der Waals surface area contributed by atoms with Crippen molar-refractivity contribution in [2.24, 2.45) is 0 Å². The Morgan fingerprint density at radius 3 is 0.848 bits per heavy atom. The third kappa shape index (κ3) is 29.7. The van der Waals surface area contributed by atoms with Crippen molar-refractivity contribution >= 4 is 7.25 Å². The maximum absolute atomic E-state index is 9.75. The van der Waals surface area contributed by atoms with Crippen LogP contribution in [-0.2, 0) is 0 Å². The summed E-state index contributed by atoms with van der Waals surface area (Å²) >= 11 is 0. The molecule has 0 radical (unpaired) electrons. The summed E-state index contributed by atoms with van der Waals surface area (Å²) in [4.78, 5) is 0. The van der Waals surface area contributed by atoms with E-state index >= 15 is 0 Å². The lowest BCUT2D eigenvalue weighted by Gasteiger charge is -2.39. The van der Waals surface area contributed by atoms with Gasteiger partial charge in [-0.05, 0) is 44.9 Å². The Balaban J connectivity index is 0. The van der Waals surface area contributed by atoms with Crippen LogP contribution < -0.4 is 0 Å². The molecule has 6 heteroatoms. The van der Waals surface area contributed by atoms with Gasteiger partial charge in [-0.2, -0.15) is 0 Å². The number of nitrogens with zero attached hydrogens (tertiary/aromatic N) is 1. The molecular weight excluding hydrogens is 425 g/mol. The van der Waals surface area contributed by atoms with Gasteiger partial charge in [0.15, 0.2) is 0 Å². The van der Waals surface area contributed by atoms with Crippen molar-refractivity contribution in [3.05, 3.63) is 0 Å². The first-order chi connectivity index (χ1) is 15.7. The van der Waals surface area contributed by atoms with Gasteiger partial charge < -0.3 is 21.7 Å². The molecule has 0 heterocycles. The van der Waals surface area contributed by atoms with Crippen molar-refractivity contribution in [3.8, 4) is 0 Å². The Morgan fingerprint density at radius 2 is 0.606 bits per heavy atom. The molecule has 0 aromatic carbocycles. The minimum atomic E-state index is -6.00. The fourth-order valence-electron chi connectivity index (χ4n) is 4.83. The quantitative estimate of drug-likeness (QED) is 0.0587. The summed E-state index contributed by atoms with van der Waals surface area (Å²) in [7, 11) is -6.00. The molecule has 0 aliphatic heterocycles. The Bertz CT molecular complexity index is 331. The highest BCUT2D eigenvalue weighted by atomic mass is 19.5. The molecule has 0 saturated carbocycles. The van der Waals surface area contributed by atoms with Gasteiger partial charge in [0.05, 0.1) is 26.2 Å². The monoisotopic (exact) mass is 483 g/mol. The van der Waals surface area contributed by atoms with Crippen LogP contribution in [-0.4, -0.2) is 37.9 Å². The van der Waals surface area contributed by atoms with Gasteiger partial charge in [0.1, 0.15) is 0 Å². The second kappa shape index (κ2) is 24.9. The second-order valence-electron chi connectivity index (χ2n) is 10.0. The summed E-state index contributed by atoms with van der Waals surface area (Å²) in [5.74, 6) is 0. The van der Waals surface area contributed by atoms with E-state index in [1.54, 1.807) is 0 Å². The van der Waals surface area contributed by atoms with Crippen molar-refractivity contribution in [2.75, 3.05) is 26.2 Å². The summed E-state index contributed by atoms with van der Waals surface area (Å²) in [6.45, 7) is 15.2. The van der Waals surface area contributed by atoms with Gasteiger partial charge in [-0.25, -0.2) is 0 Å². The van der Waals surface area contributed by atoms with Gasteiger partial charge in [0.25, 0.3) is 0 Å². The van der Waals surface area contributed by atoms with Gasteiger partial charge in [0, 0.05) is 0 Å². The molecule has 0 aromatic rings. The van der Waals surface area contributed by atoms with Gasteiger partial charge in [-0.15, -0.1) is 0 Å². The molecule has 0 fully saturated rings. The lowest BCUT2D eigenvalue weighted by atomic mass is 10.1. The third-order valence-corrected chi connectivity index (χ3v) is 6.66. The molecule has 1 nitrogen and oxygen atoms in total. The summed E-state index contributed by atoms with van der Waals surface area (Å²) in [5.41, 5.74) is 0. The molecule has 0 bridgehead atoms. The van der Waals surface area contributed by atoms with Crippen LogP contribution in [0.15, 0.2) is 0 Å². The van der Waals surface area contributed by atoms with E-state index in [1.165, 1.54) is 153 Å². The van der Waals surface area contributed by atoms with Crippen LogP contribution >= 0.6 is 0 Å². The lowest BCUT2D eigenvalue weighted by molar-refractivity contribution is -0.929. The van der Waals surface area contributed by atoms with Crippen LogP contribution in [0.2, 0.25) is 0 Å². The van der Waals surface area contributed by atoms with Crippen LogP contribution in [0.25, 0.3) is 0 Å². The number of hydrogen-bond donors (Lipinski definition) is 0. The molecule has 0 aliphatic carbocycles. The molecule has 0 aromatic heterocycles. The molecule has 0 aliphatic rings. The van der Waals surface area contributed by atoms with E-state index < -0.39 is 7.25 Å². The van der Waals surface area contributed by atoms with Crippen LogP contribution in [0, 0.1) is 0 Å². The van der Waals surface area contributed by atoms with Crippen LogP contribution in [0.3, 0.4) is 0 Å². The van der Waals surface area contributed by atoms with Crippen LogP contribution in [0.5, 0.6) is 0 Å². The van der Waals surface area contributed by atoms with Gasteiger partial charge in [-0.3, -0.25) is 0 Å². The number of halogens is 4. The highest BCUT2D eigenvalue weighted by Gasteiger charge is 2.25. The van der Waals surface area contributed by atoms with E-state index in [2.05, 4.69) is 27.7 Å². The van der Waals surface area contributed by atoms with Crippen LogP contribution in [0.4, 0.5) is 17.3 Å². The Hall–Kier alpha value is -0.255. The fraction of sp³-hybridized carbons (Fsp3) is 1.00. The molecule has 0 amide bonds. The largest absolute Gasteiger partial charge is 0.673 e. The topological polar surface area (TPSA) is 0 Å². The van der Waals surface area contributed by atoms with Crippen molar-refractivity contribution in [1.82, 2.24) is 0 Å². The van der Waals surface area contributed by atoms with Crippen molar-refractivity contribution < 1.29 is 21.7 Å². The zero-order chi connectivity index (χ0) is 25.3. The molecule has 202 valence electrons. The van der Waals surface area contributed by atoms with Crippen LogP contribution in [0.1, 0.15) is 150 Å². The summed E-state index contributed by atoms with van der Waals surface area (Å²) in [6, 6.07) is 0. The minimum absolute atomic E-state index is 1.36. The molecule has 0 spiro atoms. The van der Waals surface area contributed by atoms with Crippen molar-refractivity contribution in [2.45, 2.75) is 150 Å². The average Bonchev–Trinajstić information content (AvgIpc) is 2.74. The van der Waals surface area contributed by atoms with Crippen molar-refractivity contribution in [3.63, 3.8) is 0 Å². The smallest absolute Gasteiger partial charge is 0.418 e. The average molecular weight is 484 g/mol. The SMILES string of the molecule is CCCCCCCC[N+](CCC)(CCCCCCCC)CCCCCCCC.F[B-](F)(F)F. The number of quaternary nitrogens is 1. The van der Waals surface area contributed by atoms with E-state index in [0.29, 0.717) is 0 Å². The van der Waals surface area contributed by atoms with Gasteiger partial charge in [-0.1, -0.05) is 105 Å². The van der Waals surface area contributed by atoms with E-state index in [0.717, 1.165) is 0 Å². The predicted octanol–water partition coefficient (Wildman–Crippen LogP) is 10.6. The molecule has 0 saturated heterocycles. The zero-order valence-electron chi connectivity index (χ0n) is 22.8. The molecule has 0 rings (SSSR count). The highest BCUT2D eigenvalue weighted by molar-refractivity contribution is 6.50. The first kappa shape index (κ1) is 34.9. The zero-order valence-corrected chi connectivity index (χ0v) is 22.8. The number of rotatable bonds is 23. The van der Waals surface area contributed by atoms with E-state index in [9.17, 15) is 17.3 Å². The molecule has 0 unspecified atom stereocenters. The van der Waals surface area contributed by atoms with Crippen molar-refractivity contribution in [1.29, 1.82) is 0 Å². The second-order valence-corrected chi connectivity index (χ2v) is 10.0. The van der Waals surface area contributed by atoms with E-state index in [1.807, 2.05) is 0 Å².